The van der Waals surface area contributed by atoms with Crippen molar-refractivity contribution < 1.29 is 29.2 Å². The summed E-state index contributed by atoms with van der Waals surface area (Å²) >= 11 is 0. The Balaban J connectivity index is 2.46. The summed E-state index contributed by atoms with van der Waals surface area (Å²) in [6.45, 7) is 4.46. The molecule has 0 saturated heterocycles. The molecule has 0 spiro atoms. The van der Waals surface area contributed by atoms with Gasteiger partial charge in [0.15, 0.2) is 0 Å². The molecule has 1 aliphatic heterocycles. The second-order valence-corrected chi connectivity index (χ2v) is 6.41. The topological polar surface area (TPSA) is 148 Å². The Hall–Kier alpha value is -3.69. The SMILES string of the molecule is CC(=O)NCCOC(=O)C1=C(C)NC(C)=C(C(=O)O)C1c1cccc([N+](=O)[O-])c1. The summed E-state index contributed by atoms with van der Waals surface area (Å²) in [5, 5.41) is 26.2. The van der Waals surface area contributed by atoms with E-state index in [0.717, 1.165) is 0 Å². The van der Waals surface area contributed by atoms with E-state index in [2.05, 4.69) is 10.6 Å². The molecule has 154 valence electrons. The van der Waals surface area contributed by atoms with Crippen molar-refractivity contribution in [1.29, 1.82) is 0 Å². The number of ether oxygens (including phenoxy) is 1. The van der Waals surface area contributed by atoms with E-state index in [9.17, 15) is 29.6 Å². The van der Waals surface area contributed by atoms with Gasteiger partial charge in [-0.25, -0.2) is 9.59 Å². The lowest BCUT2D eigenvalue weighted by Crippen LogP contribution is -2.33. The standard InChI is InChI=1S/C19H21N3O7/c1-10-15(18(24)25)17(13-5-4-6-14(9-13)22(27)28)16(11(2)21-10)19(26)29-8-7-20-12(3)23/h4-6,9,17,21H,7-8H2,1-3H3,(H,20,23)(H,24,25). The molecule has 0 bridgehead atoms. The Kier molecular flexibility index (Phi) is 6.71. The van der Waals surface area contributed by atoms with Crippen molar-refractivity contribution in [2.75, 3.05) is 13.2 Å². The number of carboxylic acid groups (broad SMARTS) is 1. The van der Waals surface area contributed by atoms with Crippen molar-refractivity contribution in [3.05, 3.63) is 62.5 Å². The fourth-order valence-electron chi connectivity index (χ4n) is 3.15. The lowest BCUT2D eigenvalue weighted by molar-refractivity contribution is -0.384. The van der Waals surface area contributed by atoms with Crippen LogP contribution in [0.3, 0.4) is 0 Å². The number of nitrogens with one attached hydrogen (secondary N) is 2. The monoisotopic (exact) mass is 403 g/mol. The second-order valence-electron chi connectivity index (χ2n) is 6.41. The van der Waals surface area contributed by atoms with Gasteiger partial charge in [0.25, 0.3) is 5.69 Å². The Morgan fingerprint density at radius 1 is 1.24 bits per heavy atom. The van der Waals surface area contributed by atoms with E-state index in [-0.39, 0.29) is 41.5 Å². The first-order chi connectivity index (χ1) is 13.6. The number of benzene rings is 1. The Morgan fingerprint density at radius 3 is 2.48 bits per heavy atom. The maximum atomic E-state index is 12.7. The fraction of sp³-hybridized carbons (Fsp3) is 0.316. The highest BCUT2D eigenvalue weighted by Crippen LogP contribution is 2.39. The summed E-state index contributed by atoms with van der Waals surface area (Å²) in [5.41, 5.74) is 0.695. The van der Waals surface area contributed by atoms with Crippen LogP contribution in [0.15, 0.2) is 46.8 Å². The molecule has 1 atom stereocenters. The minimum Gasteiger partial charge on any atom is -0.478 e. The highest BCUT2D eigenvalue weighted by atomic mass is 16.6. The number of non-ortho nitro benzene ring substituents is 1. The zero-order valence-electron chi connectivity index (χ0n) is 16.1. The first kappa shape index (κ1) is 21.6. The molecule has 1 aromatic rings. The van der Waals surface area contributed by atoms with Gasteiger partial charge in [-0.3, -0.25) is 14.9 Å². The van der Waals surface area contributed by atoms with Crippen LogP contribution in [-0.2, 0) is 19.1 Å². The van der Waals surface area contributed by atoms with Crippen LogP contribution in [0.2, 0.25) is 0 Å². The van der Waals surface area contributed by atoms with Crippen LogP contribution in [0.5, 0.6) is 0 Å². The fourth-order valence-corrected chi connectivity index (χ4v) is 3.15. The van der Waals surface area contributed by atoms with E-state index in [1.54, 1.807) is 13.8 Å². The Labute approximate surface area is 166 Å². The van der Waals surface area contributed by atoms with Gasteiger partial charge in [-0.05, 0) is 19.4 Å². The molecule has 1 unspecified atom stereocenters. The maximum absolute atomic E-state index is 12.7. The van der Waals surface area contributed by atoms with Crippen molar-refractivity contribution in [3.8, 4) is 0 Å². The van der Waals surface area contributed by atoms with Crippen LogP contribution in [0.1, 0.15) is 32.3 Å². The molecule has 0 aromatic heterocycles. The van der Waals surface area contributed by atoms with Crippen molar-refractivity contribution in [1.82, 2.24) is 10.6 Å². The highest BCUT2D eigenvalue weighted by Gasteiger charge is 2.37. The normalized spacial score (nSPS) is 16.2. The van der Waals surface area contributed by atoms with Crippen molar-refractivity contribution in [2.45, 2.75) is 26.7 Å². The molecular formula is C19H21N3O7. The molecule has 1 amide bonds. The number of aliphatic carboxylic acids is 1. The average molecular weight is 403 g/mol. The number of carboxylic acids is 1. The van der Waals surface area contributed by atoms with Crippen LogP contribution in [0.25, 0.3) is 0 Å². The molecule has 3 N–H and O–H groups in total. The summed E-state index contributed by atoms with van der Waals surface area (Å²) in [4.78, 5) is 46.2. The predicted octanol–water partition coefficient (Wildman–Crippen LogP) is 1.59. The van der Waals surface area contributed by atoms with Crippen molar-refractivity contribution in [2.24, 2.45) is 0 Å². The van der Waals surface area contributed by atoms with E-state index in [1.807, 2.05) is 0 Å². The minimum atomic E-state index is -1.26. The quantitative estimate of drug-likeness (QED) is 0.269. The number of hydrogen-bond donors (Lipinski definition) is 3. The molecule has 0 radical (unpaired) electrons. The molecule has 0 saturated carbocycles. The van der Waals surface area contributed by atoms with Gasteiger partial charge in [-0.15, -0.1) is 0 Å². The number of allylic oxidation sites excluding steroid dienone is 2. The number of dihydropyridines is 1. The lowest BCUT2D eigenvalue weighted by Gasteiger charge is -2.29. The molecule has 10 heteroatoms. The van der Waals surface area contributed by atoms with Crippen LogP contribution in [0, 0.1) is 10.1 Å². The van der Waals surface area contributed by atoms with Crippen LogP contribution < -0.4 is 10.6 Å². The Morgan fingerprint density at radius 2 is 1.90 bits per heavy atom. The molecule has 0 fully saturated rings. The number of esters is 1. The van der Waals surface area contributed by atoms with Crippen LogP contribution in [0.4, 0.5) is 5.69 Å². The van der Waals surface area contributed by atoms with Crippen LogP contribution in [-0.4, -0.2) is 41.0 Å². The number of nitrogens with zero attached hydrogens (tertiary/aromatic N) is 1. The minimum absolute atomic E-state index is 0.0383. The molecule has 1 heterocycles. The number of hydrogen-bond acceptors (Lipinski definition) is 7. The number of carbonyl (C=O) groups is 3. The van der Waals surface area contributed by atoms with E-state index in [4.69, 9.17) is 4.74 Å². The molecule has 29 heavy (non-hydrogen) atoms. The summed E-state index contributed by atoms with van der Waals surface area (Å²) < 4.78 is 5.19. The number of amides is 1. The van der Waals surface area contributed by atoms with Gasteiger partial charge in [0, 0.05) is 30.5 Å². The van der Waals surface area contributed by atoms with Gasteiger partial charge in [0.1, 0.15) is 6.61 Å². The van der Waals surface area contributed by atoms with Gasteiger partial charge in [-0.2, -0.15) is 0 Å². The molecule has 0 aliphatic carbocycles. The molecular weight excluding hydrogens is 382 g/mol. The largest absolute Gasteiger partial charge is 0.478 e. The van der Waals surface area contributed by atoms with Gasteiger partial charge in [0.05, 0.1) is 28.5 Å². The molecule has 1 aromatic carbocycles. The summed E-state index contributed by atoms with van der Waals surface area (Å²) in [6.07, 6.45) is 0. The number of carbonyl (C=O) groups excluding carboxylic acids is 2. The second kappa shape index (κ2) is 9.00. The third kappa shape index (κ3) is 4.98. The summed E-state index contributed by atoms with van der Waals surface area (Å²) in [5.74, 6) is -3.37. The van der Waals surface area contributed by atoms with Crippen molar-refractivity contribution in [3.63, 3.8) is 0 Å². The van der Waals surface area contributed by atoms with E-state index >= 15 is 0 Å². The number of nitro groups is 1. The summed E-state index contributed by atoms with van der Waals surface area (Å²) in [6, 6.07) is 5.48. The smallest absolute Gasteiger partial charge is 0.336 e. The number of nitro benzene ring substituents is 1. The van der Waals surface area contributed by atoms with Gasteiger partial charge < -0.3 is 20.5 Å². The van der Waals surface area contributed by atoms with Crippen LogP contribution >= 0.6 is 0 Å². The molecule has 1 aliphatic rings. The van der Waals surface area contributed by atoms with E-state index < -0.39 is 22.8 Å². The average Bonchev–Trinajstić information content (AvgIpc) is 2.64. The highest BCUT2D eigenvalue weighted by molar-refractivity contribution is 5.99. The number of rotatable bonds is 7. The van der Waals surface area contributed by atoms with Gasteiger partial charge in [0.2, 0.25) is 5.91 Å². The van der Waals surface area contributed by atoms with E-state index in [0.29, 0.717) is 11.4 Å². The first-order valence-electron chi connectivity index (χ1n) is 8.71. The van der Waals surface area contributed by atoms with Gasteiger partial charge >= 0.3 is 11.9 Å². The lowest BCUT2D eigenvalue weighted by atomic mass is 9.80. The molecule has 2 rings (SSSR count). The zero-order chi connectivity index (χ0) is 21.7. The van der Waals surface area contributed by atoms with E-state index in [1.165, 1.54) is 31.2 Å². The third-order valence-corrected chi connectivity index (χ3v) is 4.33. The third-order valence-electron chi connectivity index (χ3n) is 4.33. The van der Waals surface area contributed by atoms with Gasteiger partial charge in [-0.1, -0.05) is 12.1 Å². The predicted molar refractivity (Wildman–Crippen MR) is 102 cm³/mol. The molecule has 10 nitrogen and oxygen atoms in total. The van der Waals surface area contributed by atoms with Crippen molar-refractivity contribution >= 4 is 23.5 Å². The maximum Gasteiger partial charge on any atom is 0.336 e. The summed E-state index contributed by atoms with van der Waals surface area (Å²) in [7, 11) is 0. The Bertz CT molecular complexity index is 933. The first-order valence-corrected chi connectivity index (χ1v) is 8.71. The zero-order valence-corrected chi connectivity index (χ0v) is 16.1.